The van der Waals surface area contributed by atoms with Gasteiger partial charge in [0.05, 0.1) is 17.7 Å². The van der Waals surface area contributed by atoms with Gasteiger partial charge in [0.1, 0.15) is 11.4 Å². The molecule has 0 radical (unpaired) electrons. The van der Waals surface area contributed by atoms with Crippen LogP contribution >= 0.6 is 0 Å². The second-order valence-corrected chi connectivity index (χ2v) is 8.19. The van der Waals surface area contributed by atoms with E-state index in [0.717, 1.165) is 25.9 Å². The van der Waals surface area contributed by atoms with Gasteiger partial charge in [-0.25, -0.2) is 13.4 Å². The molecule has 0 bridgehead atoms. The molecule has 1 aliphatic rings. The van der Waals surface area contributed by atoms with Crippen LogP contribution in [0.3, 0.4) is 0 Å². The van der Waals surface area contributed by atoms with Gasteiger partial charge in [-0.05, 0) is 44.0 Å². The van der Waals surface area contributed by atoms with Gasteiger partial charge < -0.3 is 14.5 Å². The normalized spacial score (nSPS) is 14.3. The van der Waals surface area contributed by atoms with Gasteiger partial charge >= 0.3 is 0 Å². The van der Waals surface area contributed by atoms with E-state index in [2.05, 4.69) is 19.6 Å². The Labute approximate surface area is 160 Å². The Hall–Kier alpha value is -2.55. The highest BCUT2D eigenvalue weighted by Gasteiger charge is 2.21. The summed E-state index contributed by atoms with van der Waals surface area (Å²) in [5.41, 5.74) is 0.344. The molecule has 0 atom stereocenters. The quantitative estimate of drug-likeness (QED) is 0.775. The average molecular weight is 391 g/mol. The predicted molar refractivity (Wildman–Crippen MR) is 106 cm³/mol. The molecular weight excluding hydrogens is 366 g/mol. The molecule has 0 aliphatic carbocycles. The summed E-state index contributed by atoms with van der Waals surface area (Å²) in [5.74, 6) is 1.78. The van der Waals surface area contributed by atoms with Gasteiger partial charge in [0.2, 0.25) is 5.95 Å². The van der Waals surface area contributed by atoms with E-state index in [4.69, 9.17) is 4.74 Å². The van der Waals surface area contributed by atoms with Crippen molar-refractivity contribution < 1.29 is 13.2 Å². The molecule has 1 saturated heterocycles. The first kappa shape index (κ1) is 19.2. The summed E-state index contributed by atoms with van der Waals surface area (Å²) < 4.78 is 33.5. The minimum absolute atomic E-state index is 0.152. The van der Waals surface area contributed by atoms with E-state index in [0.29, 0.717) is 29.8 Å². The Bertz CT molecular complexity index is 878. The fraction of sp³-hybridized carbons (Fsp3) is 0.444. The van der Waals surface area contributed by atoms with Crippen molar-refractivity contribution in [1.29, 1.82) is 0 Å². The van der Waals surface area contributed by atoms with Gasteiger partial charge in [-0.2, -0.15) is 4.98 Å². The van der Waals surface area contributed by atoms with Crippen molar-refractivity contribution in [3.05, 3.63) is 30.5 Å². The van der Waals surface area contributed by atoms with E-state index in [1.807, 2.05) is 21.0 Å². The maximum Gasteiger partial charge on any atom is 0.262 e. The van der Waals surface area contributed by atoms with Crippen LogP contribution in [0, 0.1) is 0 Å². The van der Waals surface area contributed by atoms with Crippen LogP contribution in [0.2, 0.25) is 0 Å². The lowest BCUT2D eigenvalue weighted by Crippen LogP contribution is -2.24. The molecule has 2 aromatic rings. The number of hydrogen-bond donors (Lipinski definition) is 1. The third-order valence-electron chi connectivity index (χ3n) is 4.26. The van der Waals surface area contributed by atoms with E-state index in [-0.39, 0.29) is 4.90 Å². The molecule has 0 unspecified atom stereocenters. The number of benzene rings is 1. The first-order valence-corrected chi connectivity index (χ1v) is 10.4. The Morgan fingerprint density at radius 1 is 1.19 bits per heavy atom. The Morgan fingerprint density at radius 3 is 2.44 bits per heavy atom. The number of nitrogens with zero attached hydrogens (tertiary/aromatic N) is 4. The van der Waals surface area contributed by atoms with Gasteiger partial charge in [0.15, 0.2) is 5.82 Å². The van der Waals surface area contributed by atoms with E-state index >= 15 is 0 Å². The lowest BCUT2D eigenvalue weighted by atomic mass is 10.3. The van der Waals surface area contributed by atoms with Gasteiger partial charge in [-0.15, -0.1) is 0 Å². The van der Waals surface area contributed by atoms with Crippen molar-refractivity contribution in [3.63, 3.8) is 0 Å². The molecule has 0 spiro atoms. The van der Waals surface area contributed by atoms with Crippen LogP contribution in [0.25, 0.3) is 0 Å². The molecule has 27 heavy (non-hydrogen) atoms. The number of ether oxygens (including phenoxy) is 1. The Kier molecular flexibility index (Phi) is 5.69. The van der Waals surface area contributed by atoms with E-state index < -0.39 is 10.0 Å². The Morgan fingerprint density at radius 2 is 1.85 bits per heavy atom. The number of hydrogen-bond acceptors (Lipinski definition) is 7. The van der Waals surface area contributed by atoms with Gasteiger partial charge in [0.25, 0.3) is 10.0 Å². The smallest absolute Gasteiger partial charge is 0.262 e. The minimum Gasteiger partial charge on any atom is -0.494 e. The van der Waals surface area contributed by atoms with Gasteiger partial charge in [0, 0.05) is 27.2 Å². The maximum atomic E-state index is 12.8. The van der Waals surface area contributed by atoms with Crippen molar-refractivity contribution in [2.75, 3.05) is 48.3 Å². The zero-order valence-corrected chi connectivity index (χ0v) is 16.7. The van der Waals surface area contributed by atoms with E-state index in [1.165, 1.54) is 18.3 Å². The fourth-order valence-electron chi connectivity index (χ4n) is 2.93. The van der Waals surface area contributed by atoms with Gasteiger partial charge in [-0.1, -0.05) is 0 Å². The molecule has 0 saturated carbocycles. The molecule has 9 heteroatoms. The van der Waals surface area contributed by atoms with Gasteiger partial charge in [-0.3, -0.25) is 4.72 Å². The summed E-state index contributed by atoms with van der Waals surface area (Å²) in [7, 11) is -0.110. The molecule has 146 valence electrons. The molecule has 0 amide bonds. The summed E-state index contributed by atoms with van der Waals surface area (Å²) >= 11 is 0. The van der Waals surface area contributed by atoms with Crippen molar-refractivity contribution in [2.24, 2.45) is 0 Å². The second kappa shape index (κ2) is 7.99. The second-order valence-electron chi connectivity index (χ2n) is 6.51. The summed E-state index contributed by atoms with van der Waals surface area (Å²) in [6.45, 7) is 4.24. The monoisotopic (exact) mass is 391 g/mol. The van der Waals surface area contributed by atoms with E-state index in [1.54, 1.807) is 17.0 Å². The van der Waals surface area contributed by atoms with Crippen molar-refractivity contribution in [2.45, 2.75) is 24.7 Å². The van der Waals surface area contributed by atoms with Crippen molar-refractivity contribution in [3.8, 4) is 5.75 Å². The zero-order valence-electron chi connectivity index (χ0n) is 15.8. The number of aromatic nitrogens is 2. The minimum atomic E-state index is -3.76. The summed E-state index contributed by atoms with van der Waals surface area (Å²) in [6, 6.07) is 6.31. The lowest BCUT2D eigenvalue weighted by Gasteiger charge is -2.21. The number of rotatable bonds is 7. The van der Waals surface area contributed by atoms with Crippen LogP contribution in [0.5, 0.6) is 5.75 Å². The highest BCUT2D eigenvalue weighted by molar-refractivity contribution is 7.92. The van der Waals surface area contributed by atoms with Crippen molar-refractivity contribution >= 4 is 27.5 Å². The molecule has 2 heterocycles. The molecule has 1 aliphatic heterocycles. The molecular formula is C18H25N5O3S. The summed E-state index contributed by atoms with van der Waals surface area (Å²) in [5, 5.41) is 0. The standard InChI is InChI=1S/C18H25N5O3S/c1-4-26-14-7-9-15(10-8-14)27(24,25)21-16-13-19-18(20-17(16)22(2)3)23-11-5-6-12-23/h7-10,13,21H,4-6,11-12H2,1-3H3. The predicted octanol–water partition coefficient (Wildman–Crippen LogP) is 2.34. The molecule has 1 aromatic heterocycles. The molecule has 1 N–H and O–H groups in total. The summed E-state index contributed by atoms with van der Waals surface area (Å²) in [4.78, 5) is 13.0. The average Bonchev–Trinajstić information content (AvgIpc) is 3.17. The number of sulfonamides is 1. The van der Waals surface area contributed by atoms with Crippen LogP contribution in [-0.2, 0) is 10.0 Å². The topological polar surface area (TPSA) is 87.7 Å². The summed E-state index contributed by atoms with van der Waals surface area (Å²) in [6.07, 6.45) is 3.77. The third-order valence-corrected chi connectivity index (χ3v) is 5.64. The van der Waals surface area contributed by atoms with Crippen LogP contribution in [-0.4, -0.2) is 52.2 Å². The highest BCUT2D eigenvalue weighted by Crippen LogP contribution is 2.28. The SMILES string of the molecule is CCOc1ccc(S(=O)(=O)Nc2cnc(N3CCCC3)nc2N(C)C)cc1. The maximum absolute atomic E-state index is 12.8. The fourth-order valence-corrected chi connectivity index (χ4v) is 3.98. The Balaban J connectivity index is 1.86. The van der Waals surface area contributed by atoms with Crippen molar-refractivity contribution in [1.82, 2.24) is 9.97 Å². The first-order valence-electron chi connectivity index (χ1n) is 8.95. The van der Waals surface area contributed by atoms with Crippen LogP contribution in [0.4, 0.5) is 17.5 Å². The van der Waals surface area contributed by atoms with E-state index in [9.17, 15) is 8.42 Å². The largest absolute Gasteiger partial charge is 0.494 e. The highest BCUT2D eigenvalue weighted by atomic mass is 32.2. The molecule has 1 aromatic carbocycles. The third kappa shape index (κ3) is 4.41. The van der Waals surface area contributed by atoms with Crippen LogP contribution in [0.15, 0.2) is 35.4 Å². The molecule has 3 rings (SSSR count). The van der Waals surface area contributed by atoms with Crippen LogP contribution < -0.4 is 19.3 Å². The number of nitrogens with one attached hydrogen (secondary N) is 1. The lowest BCUT2D eigenvalue weighted by molar-refractivity contribution is 0.340. The zero-order chi connectivity index (χ0) is 19.4. The molecule has 1 fully saturated rings. The number of anilines is 3. The van der Waals surface area contributed by atoms with Crippen LogP contribution in [0.1, 0.15) is 19.8 Å². The first-order chi connectivity index (χ1) is 12.9. The molecule has 8 nitrogen and oxygen atoms in total.